The lowest BCUT2D eigenvalue weighted by Gasteiger charge is -2.40. The van der Waals surface area contributed by atoms with Gasteiger partial charge in [0.05, 0.1) is 12.7 Å². The zero-order chi connectivity index (χ0) is 20.2. The van der Waals surface area contributed by atoms with Crippen LogP contribution in [0.3, 0.4) is 0 Å². The predicted molar refractivity (Wildman–Crippen MR) is 112 cm³/mol. The van der Waals surface area contributed by atoms with E-state index in [1.54, 1.807) is 4.90 Å². The molecule has 6 nitrogen and oxygen atoms in total. The Hall–Kier alpha value is -2.70. The maximum Gasteiger partial charge on any atom is 0.328 e. The van der Waals surface area contributed by atoms with Crippen molar-refractivity contribution in [3.8, 4) is 0 Å². The summed E-state index contributed by atoms with van der Waals surface area (Å²) in [5, 5.41) is 0. The number of carbonyl (C=O) groups excluding carboxylic acids is 2. The van der Waals surface area contributed by atoms with E-state index in [9.17, 15) is 9.59 Å². The van der Waals surface area contributed by atoms with Crippen LogP contribution in [0.2, 0.25) is 0 Å². The zero-order valence-corrected chi connectivity index (χ0v) is 16.9. The van der Waals surface area contributed by atoms with Crippen molar-refractivity contribution in [2.24, 2.45) is 0 Å². The van der Waals surface area contributed by atoms with Gasteiger partial charge in [0.15, 0.2) is 0 Å². The minimum Gasteiger partial charge on any atom is -0.302 e. The average molecular weight is 393 g/mol. The molecule has 0 N–H and O–H groups in total. The van der Waals surface area contributed by atoms with E-state index < -0.39 is 0 Å². The molecule has 0 aromatic heterocycles. The van der Waals surface area contributed by atoms with Crippen LogP contribution < -0.4 is 0 Å². The first kappa shape index (κ1) is 19.6. The van der Waals surface area contributed by atoms with E-state index in [1.165, 1.54) is 16.0 Å². The van der Waals surface area contributed by atoms with Crippen LogP contribution in [0.25, 0.3) is 0 Å². The van der Waals surface area contributed by atoms with Crippen molar-refractivity contribution in [3.05, 3.63) is 71.8 Å². The van der Waals surface area contributed by atoms with E-state index in [-0.39, 0.29) is 24.5 Å². The van der Waals surface area contributed by atoms with Gasteiger partial charge in [0.2, 0.25) is 5.91 Å². The Bertz CT molecular complexity index is 795. The Morgan fingerprint density at radius 2 is 1.38 bits per heavy atom. The first-order valence-electron chi connectivity index (χ1n) is 10.3. The van der Waals surface area contributed by atoms with Gasteiger partial charge in [-0.15, -0.1) is 0 Å². The molecule has 0 unspecified atom stereocenters. The molecule has 152 valence electrons. The smallest absolute Gasteiger partial charge is 0.302 e. The van der Waals surface area contributed by atoms with Crippen molar-refractivity contribution in [3.63, 3.8) is 0 Å². The number of rotatable bonds is 6. The van der Waals surface area contributed by atoms with Crippen LogP contribution in [0.15, 0.2) is 60.7 Å². The third-order valence-electron chi connectivity index (χ3n) is 5.82. The summed E-state index contributed by atoms with van der Waals surface area (Å²) in [6.45, 7) is 6.59. The summed E-state index contributed by atoms with van der Waals surface area (Å²) in [6, 6.07) is 21.3. The largest absolute Gasteiger partial charge is 0.328 e. The molecule has 2 fully saturated rings. The van der Waals surface area contributed by atoms with Crippen LogP contribution in [-0.2, 0) is 4.79 Å². The maximum atomic E-state index is 12.4. The van der Waals surface area contributed by atoms with Gasteiger partial charge >= 0.3 is 6.03 Å². The summed E-state index contributed by atoms with van der Waals surface area (Å²) in [5.74, 6) is -0.0932. The summed E-state index contributed by atoms with van der Waals surface area (Å²) in [5.41, 5.74) is 2.59. The topological polar surface area (TPSA) is 47.1 Å². The fourth-order valence-corrected chi connectivity index (χ4v) is 4.30. The second kappa shape index (κ2) is 8.76. The first-order valence-corrected chi connectivity index (χ1v) is 10.3. The summed E-state index contributed by atoms with van der Waals surface area (Å²) in [4.78, 5) is 32.1. The number of hydrogen-bond acceptors (Lipinski definition) is 4. The van der Waals surface area contributed by atoms with Crippen molar-refractivity contribution in [2.75, 3.05) is 45.9 Å². The minimum atomic E-state index is -0.161. The Balaban J connectivity index is 1.42. The van der Waals surface area contributed by atoms with Crippen LogP contribution in [0.5, 0.6) is 0 Å². The molecular weight excluding hydrogens is 364 g/mol. The van der Waals surface area contributed by atoms with Crippen molar-refractivity contribution >= 4 is 11.9 Å². The van der Waals surface area contributed by atoms with Gasteiger partial charge in [-0.25, -0.2) is 4.79 Å². The van der Waals surface area contributed by atoms with Gasteiger partial charge in [0.25, 0.3) is 0 Å². The van der Waals surface area contributed by atoms with E-state index in [0.717, 1.165) is 26.2 Å². The van der Waals surface area contributed by atoms with Crippen molar-refractivity contribution in [2.45, 2.75) is 13.0 Å². The highest BCUT2D eigenvalue weighted by Gasteiger charge is 2.36. The van der Waals surface area contributed by atoms with Crippen LogP contribution in [0, 0.1) is 0 Å². The molecular formula is C23H28N4O2. The molecule has 2 aliphatic heterocycles. The normalized spacial score (nSPS) is 18.8. The molecule has 0 aliphatic carbocycles. The lowest BCUT2D eigenvalue weighted by Crippen LogP contribution is -2.51. The van der Waals surface area contributed by atoms with Crippen molar-refractivity contribution in [1.29, 1.82) is 0 Å². The first-order chi connectivity index (χ1) is 14.2. The second-order valence-electron chi connectivity index (χ2n) is 7.64. The molecule has 6 heteroatoms. The number of amides is 3. The predicted octanol–water partition coefficient (Wildman–Crippen LogP) is 2.64. The molecule has 0 saturated carbocycles. The zero-order valence-electron chi connectivity index (χ0n) is 16.9. The van der Waals surface area contributed by atoms with E-state index in [0.29, 0.717) is 13.2 Å². The number of benzene rings is 2. The number of imide groups is 1. The standard InChI is InChI=1S/C23H28N4O2/c1-2-27-21(28)17-26(23(27)29)18-24-13-15-25(16-14-24)22(19-9-5-3-6-10-19)20-11-7-4-8-12-20/h3-12,22H,2,13-18H2,1H3. The van der Waals surface area contributed by atoms with E-state index in [4.69, 9.17) is 0 Å². The van der Waals surface area contributed by atoms with Crippen molar-refractivity contribution < 1.29 is 9.59 Å². The Morgan fingerprint density at radius 1 is 0.828 bits per heavy atom. The van der Waals surface area contributed by atoms with Gasteiger partial charge in [-0.2, -0.15) is 0 Å². The van der Waals surface area contributed by atoms with Gasteiger partial charge < -0.3 is 4.90 Å². The molecule has 2 heterocycles. The van der Waals surface area contributed by atoms with Gasteiger partial charge in [-0.1, -0.05) is 60.7 Å². The molecule has 0 bridgehead atoms. The number of hydrogen-bond donors (Lipinski definition) is 0. The van der Waals surface area contributed by atoms with E-state index >= 15 is 0 Å². The van der Waals surface area contributed by atoms with Crippen LogP contribution in [-0.4, -0.2) is 77.5 Å². The minimum absolute atomic E-state index is 0.0932. The summed E-state index contributed by atoms with van der Waals surface area (Å²) < 4.78 is 0. The molecule has 0 radical (unpaired) electrons. The molecule has 4 rings (SSSR count). The summed E-state index contributed by atoms with van der Waals surface area (Å²) in [7, 11) is 0. The molecule has 0 atom stereocenters. The Labute approximate surface area is 172 Å². The highest BCUT2D eigenvalue weighted by atomic mass is 16.2. The van der Waals surface area contributed by atoms with Crippen molar-refractivity contribution in [1.82, 2.24) is 19.6 Å². The van der Waals surface area contributed by atoms with Crippen LogP contribution >= 0.6 is 0 Å². The second-order valence-corrected chi connectivity index (χ2v) is 7.64. The summed E-state index contributed by atoms with van der Waals surface area (Å²) in [6.07, 6.45) is 0. The van der Waals surface area contributed by atoms with E-state index in [1.807, 2.05) is 6.92 Å². The molecule has 0 spiro atoms. The van der Waals surface area contributed by atoms with Gasteiger partial charge in [-0.05, 0) is 18.1 Å². The molecule has 3 amide bonds. The Kier molecular flexibility index (Phi) is 5.92. The molecule has 2 aromatic carbocycles. The SMILES string of the molecule is CCN1C(=O)CN(CN2CCN(C(c3ccccc3)c3ccccc3)CC2)C1=O. The van der Waals surface area contributed by atoms with Gasteiger partial charge in [0, 0.05) is 32.7 Å². The highest BCUT2D eigenvalue weighted by molar-refractivity contribution is 6.01. The number of urea groups is 1. The van der Waals surface area contributed by atoms with Gasteiger partial charge in [-0.3, -0.25) is 19.5 Å². The maximum absolute atomic E-state index is 12.4. The lowest BCUT2D eigenvalue weighted by molar-refractivity contribution is -0.125. The Morgan fingerprint density at radius 3 is 1.86 bits per heavy atom. The summed E-state index contributed by atoms with van der Waals surface area (Å²) >= 11 is 0. The van der Waals surface area contributed by atoms with Gasteiger partial charge in [0.1, 0.15) is 6.54 Å². The number of carbonyl (C=O) groups is 2. The quantitative estimate of drug-likeness (QED) is 0.709. The fraction of sp³-hybridized carbons (Fsp3) is 0.391. The lowest BCUT2D eigenvalue weighted by atomic mass is 9.96. The monoisotopic (exact) mass is 392 g/mol. The number of likely N-dealkylation sites (N-methyl/N-ethyl adjacent to an activating group) is 1. The number of nitrogens with zero attached hydrogens (tertiary/aromatic N) is 4. The van der Waals surface area contributed by atoms with E-state index in [2.05, 4.69) is 70.5 Å². The third-order valence-corrected chi connectivity index (χ3v) is 5.82. The molecule has 2 saturated heterocycles. The average Bonchev–Trinajstić information content (AvgIpc) is 3.03. The number of piperazine rings is 1. The fourth-order valence-electron chi connectivity index (χ4n) is 4.30. The van der Waals surface area contributed by atoms with Crippen LogP contribution in [0.1, 0.15) is 24.1 Å². The molecule has 2 aliphatic rings. The molecule has 2 aromatic rings. The molecule has 29 heavy (non-hydrogen) atoms. The third kappa shape index (κ3) is 4.18. The highest BCUT2D eigenvalue weighted by Crippen LogP contribution is 2.29. The van der Waals surface area contributed by atoms with Crippen LogP contribution in [0.4, 0.5) is 4.79 Å².